The maximum Gasteiger partial charge on any atom is 0.328 e. The van der Waals surface area contributed by atoms with Gasteiger partial charge in [-0.05, 0) is 49.9 Å². The Labute approximate surface area is 194 Å². The maximum atomic E-state index is 12.9. The number of esters is 2. The van der Waals surface area contributed by atoms with Gasteiger partial charge in [-0.1, -0.05) is 90.2 Å². The van der Waals surface area contributed by atoms with Crippen LogP contribution in [0.15, 0.2) is 18.2 Å². The number of halogens is 1. The molecule has 0 unspecified atom stereocenters. The van der Waals surface area contributed by atoms with Crippen molar-refractivity contribution in [1.29, 1.82) is 0 Å². The van der Waals surface area contributed by atoms with Crippen LogP contribution in [0, 0.1) is 12.3 Å². The van der Waals surface area contributed by atoms with Crippen LogP contribution in [0.4, 0.5) is 0 Å². The Morgan fingerprint density at radius 2 is 1.39 bits per heavy atom. The van der Waals surface area contributed by atoms with Crippen molar-refractivity contribution >= 4 is 23.5 Å². The molecule has 0 aliphatic carbocycles. The third-order valence-corrected chi connectivity index (χ3v) is 6.29. The number of ether oxygens (including phenoxy) is 2. The summed E-state index contributed by atoms with van der Waals surface area (Å²) < 4.78 is 11.1. The molecule has 0 heterocycles. The minimum absolute atomic E-state index is 0.339. The fourth-order valence-electron chi connectivity index (χ4n) is 3.73. The molecule has 0 radical (unpaired) electrons. The lowest BCUT2D eigenvalue weighted by molar-refractivity contribution is -0.168. The molecule has 1 aromatic carbocycles. The first-order chi connectivity index (χ1) is 14.9. The van der Waals surface area contributed by atoms with Crippen molar-refractivity contribution in [3.05, 3.63) is 28.8 Å². The van der Waals surface area contributed by atoms with Gasteiger partial charge in [-0.25, -0.2) is 0 Å². The number of rotatable bonds is 16. The number of benzene rings is 1. The molecule has 0 spiro atoms. The van der Waals surface area contributed by atoms with Gasteiger partial charge < -0.3 is 9.47 Å². The lowest BCUT2D eigenvalue weighted by Crippen LogP contribution is -2.42. The predicted octanol–water partition coefficient (Wildman–Crippen LogP) is 7.82. The molecule has 0 atom stereocenters. The van der Waals surface area contributed by atoms with Crippen molar-refractivity contribution in [1.82, 2.24) is 0 Å². The van der Waals surface area contributed by atoms with E-state index < -0.39 is 17.4 Å². The van der Waals surface area contributed by atoms with Crippen LogP contribution in [-0.2, 0) is 14.3 Å². The van der Waals surface area contributed by atoms with Gasteiger partial charge in [0.1, 0.15) is 5.75 Å². The van der Waals surface area contributed by atoms with Gasteiger partial charge in [0.2, 0.25) is 0 Å². The summed E-state index contributed by atoms with van der Waals surface area (Å²) in [6, 6.07) is 5.05. The van der Waals surface area contributed by atoms with Gasteiger partial charge in [0, 0.05) is 5.02 Å². The molecular weight excluding hydrogens is 412 g/mol. The Kier molecular flexibility index (Phi) is 13.6. The van der Waals surface area contributed by atoms with Crippen LogP contribution in [0.5, 0.6) is 5.75 Å². The minimum atomic E-state index is -1.27. The lowest BCUT2D eigenvalue weighted by Gasteiger charge is -2.27. The third-order valence-electron chi connectivity index (χ3n) is 6.06. The van der Waals surface area contributed by atoms with E-state index in [-0.39, 0.29) is 0 Å². The SMILES string of the molecule is CCCCCCCCCCCCOC(=O)C(CC)(CC)C(=O)Oc1ccc(Cl)cc1C. The van der Waals surface area contributed by atoms with Crippen molar-refractivity contribution in [3.63, 3.8) is 0 Å². The summed E-state index contributed by atoms with van der Waals surface area (Å²) in [4.78, 5) is 25.7. The second-order valence-corrected chi connectivity index (χ2v) is 8.84. The molecule has 0 aliphatic heterocycles. The molecule has 0 N–H and O–H groups in total. The van der Waals surface area contributed by atoms with E-state index in [9.17, 15) is 9.59 Å². The number of aryl methyl sites for hydroxylation is 1. The molecule has 0 bridgehead atoms. The van der Waals surface area contributed by atoms with Gasteiger partial charge in [0.25, 0.3) is 0 Å². The van der Waals surface area contributed by atoms with Crippen LogP contribution in [0.25, 0.3) is 0 Å². The van der Waals surface area contributed by atoms with Crippen LogP contribution >= 0.6 is 11.6 Å². The molecule has 1 rings (SSSR count). The molecule has 0 fully saturated rings. The van der Waals surface area contributed by atoms with E-state index in [1.54, 1.807) is 18.2 Å². The van der Waals surface area contributed by atoms with Gasteiger partial charge in [-0.3, -0.25) is 9.59 Å². The van der Waals surface area contributed by atoms with Crippen LogP contribution in [-0.4, -0.2) is 18.5 Å². The zero-order chi connectivity index (χ0) is 23.1. The van der Waals surface area contributed by atoms with Gasteiger partial charge in [-0.2, -0.15) is 0 Å². The molecule has 31 heavy (non-hydrogen) atoms. The van der Waals surface area contributed by atoms with Crippen molar-refractivity contribution in [2.45, 2.75) is 105 Å². The Morgan fingerprint density at radius 1 is 0.839 bits per heavy atom. The molecule has 1 aromatic rings. The molecule has 5 heteroatoms. The largest absolute Gasteiger partial charge is 0.465 e. The van der Waals surface area contributed by atoms with Crippen LogP contribution in [0.1, 0.15) is 103 Å². The Hall–Kier alpha value is -1.55. The van der Waals surface area contributed by atoms with Crippen molar-refractivity contribution in [2.24, 2.45) is 5.41 Å². The van der Waals surface area contributed by atoms with Crippen LogP contribution in [0.3, 0.4) is 0 Å². The summed E-state index contributed by atoms with van der Waals surface area (Å²) in [5.41, 5.74) is -0.523. The first-order valence-corrected chi connectivity index (χ1v) is 12.4. The zero-order valence-electron chi connectivity index (χ0n) is 19.9. The first-order valence-electron chi connectivity index (χ1n) is 12.1. The molecule has 0 amide bonds. The summed E-state index contributed by atoms with van der Waals surface area (Å²) >= 11 is 5.97. The second-order valence-electron chi connectivity index (χ2n) is 8.41. The normalized spacial score (nSPS) is 11.4. The molecule has 0 aromatic heterocycles. The highest BCUT2D eigenvalue weighted by molar-refractivity contribution is 6.30. The maximum absolute atomic E-state index is 12.9. The van der Waals surface area contributed by atoms with Crippen LogP contribution in [0.2, 0.25) is 5.02 Å². The number of carbonyl (C=O) groups is 2. The molecule has 0 saturated carbocycles. The zero-order valence-corrected chi connectivity index (χ0v) is 20.7. The highest BCUT2D eigenvalue weighted by Crippen LogP contribution is 2.32. The quantitative estimate of drug-likeness (QED) is 0.111. The van der Waals surface area contributed by atoms with Gasteiger partial charge in [0.05, 0.1) is 6.61 Å². The van der Waals surface area contributed by atoms with E-state index in [2.05, 4.69) is 6.92 Å². The average molecular weight is 453 g/mol. The summed E-state index contributed by atoms with van der Waals surface area (Å²) in [5, 5.41) is 0.574. The highest BCUT2D eigenvalue weighted by Gasteiger charge is 2.46. The Morgan fingerprint density at radius 3 is 1.90 bits per heavy atom. The minimum Gasteiger partial charge on any atom is -0.465 e. The molecule has 0 aliphatic rings. The van der Waals surface area contributed by atoms with Crippen molar-refractivity contribution in [2.75, 3.05) is 6.61 Å². The van der Waals surface area contributed by atoms with E-state index in [0.29, 0.717) is 30.2 Å². The molecular formula is C26H41ClO4. The second kappa shape index (κ2) is 15.3. The van der Waals surface area contributed by atoms with E-state index in [0.717, 1.165) is 24.8 Å². The Bertz CT molecular complexity index is 667. The molecule has 4 nitrogen and oxygen atoms in total. The van der Waals surface area contributed by atoms with Crippen LogP contribution < -0.4 is 4.74 Å². The van der Waals surface area contributed by atoms with E-state index in [1.165, 1.54) is 44.9 Å². The van der Waals surface area contributed by atoms with E-state index >= 15 is 0 Å². The van der Waals surface area contributed by atoms with Gasteiger partial charge in [0.15, 0.2) is 5.41 Å². The van der Waals surface area contributed by atoms with Crippen molar-refractivity contribution < 1.29 is 19.1 Å². The number of hydrogen-bond donors (Lipinski definition) is 0. The molecule has 176 valence electrons. The number of hydrogen-bond acceptors (Lipinski definition) is 4. The first kappa shape index (κ1) is 27.5. The number of unbranched alkanes of at least 4 members (excludes halogenated alkanes) is 9. The fourth-order valence-corrected chi connectivity index (χ4v) is 3.95. The fraction of sp³-hybridized carbons (Fsp3) is 0.692. The predicted molar refractivity (Wildman–Crippen MR) is 128 cm³/mol. The van der Waals surface area contributed by atoms with E-state index in [1.807, 2.05) is 20.8 Å². The average Bonchev–Trinajstić information content (AvgIpc) is 2.75. The summed E-state index contributed by atoms with van der Waals surface area (Å²) in [6.45, 7) is 8.05. The van der Waals surface area contributed by atoms with E-state index in [4.69, 9.17) is 21.1 Å². The van der Waals surface area contributed by atoms with Gasteiger partial charge in [-0.15, -0.1) is 0 Å². The topological polar surface area (TPSA) is 52.6 Å². The van der Waals surface area contributed by atoms with Crippen molar-refractivity contribution in [3.8, 4) is 5.75 Å². The monoisotopic (exact) mass is 452 g/mol. The smallest absolute Gasteiger partial charge is 0.328 e. The standard InChI is InChI=1S/C26H41ClO4/c1-5-8-9-10-11-12-13-14-15-16-19-30-24(28)26(6-2,7-3)25(29)31-23-18-17-22(27)20-21(23)4/h17-18,20H,5-16,19H2,1-4H3. The lowest BCUT2D eigenvalue weighted by atomic mass is 9.82. The summed E-state index contributed by atoms with van der Waals surface area (Å²) in [7, 11) is 0. The summed E-state index contributed by atoms with van der Waals surface area (Å²) in [6.07, 6.45) is 12.9. The van der Waals surface area contributed by atoms with Gasteiger partial charge >= 0.3 is 11.9 Å². The third kappa shape index (κ3) is 9.22. The summed E-state index contributed by atoms with van der Waals surface area (Å²) in [5.74, 6) is -0.621. The number of carbonyl (C=O) groups excluding carboxylic acids is 2. The highest BCUT2D eigenvalue weighted by atomic mass is 35.5. The Balaban J connectivity index is 2.42. The molecule has 0 saturated heterocycles.